The van der Waals surface area contributed by atoms with Crippen LogP contribution in [0.15, 0.2) is 70.9 Å². The number of carbonyl (C=O) groups is 1. The minimum atomic E-state index is -3.74. The summed E-state index contributed by atoms with van der Waals surface area (Å²) >= 11 is 1.64. The lowest BCUT2D eigenvalue weighted by Gasteiger charge is -2.23. The molecule has 2 aromatic carbocycles. The Morgan fingerprint density at radius 2 is 1.94 bits per heavy atom. The van der Waals surface area contributed by atoms with E-state index in [1.54, 1.807) is 29.5 Å². The number of anilines is 1. The second kappa shape index (κ2) is 8.82. The van der Waals surface area contributed by atoms with Gasteiger partial charge in [-0.25, -0.2) is 8.42 Å². The van der Waals surface area contributed by atoms with Crippen LogP contribution < -0.4 is 9.62 Å². The van der Waals surface area contributed by atoms with Crippen molar-refractivity contribution < 1.29 is 13.2 Å². The third kappa shape index (κ3) is 4.37. The van der Waals surface area contributed by atoms with Gasteiger partial charge in [-0.2, -0.15) is 0 Å². The third-order valence-electron chi connectivity index (χ3n) is 5.48. The summed E-state index contributed by atoms with van der Waals surface area (Å²) in [6.07, 6.45) is 0.685. The Morgan fingerprint density at radius 1 is 1.13 bits per heavy atom. The molecule has 6 nitrogen and oxygen atoms in total. The summed E-state index contributed by atoms with van der Waals surface area (Å²) in [6, 6.07) is 17.9. The average molecular weight is 456 g/mol. The Kier molecular flexibility index (Phi) is 6.13. The van der Waals surface area contributed by atoms with E-state index in [4.69, 9.17) is 0 Å². The first-order valence-electron chi connectivity index (χ1n) is 10.1. The highest BCUT2D eigenvalue weighted by molar-refractivity contribution is 7.92. The van der Waals surface area contributed by atoms with Gasteiger partial charge in [-0.05, 0) is 61.8 Å². The molecule has 1 aliphatic rings. The van der Waals surface area contributed by atoms with Crippen molar-refractivity contribution in [1.29, 1.82) is 0 Å². The zero-order valence-electron chi connectivity index (χ0n) is 17.5. The topological polar surface area (TPSA) is 69.7 Å². The van der Waals surface area contributed by atoms with Crippen LogP contribution in [0.4, 0.5) is 5.69 Å². The highest BCUT2D eigenvalue weighted by atomic mass is 32.2. The van der Waals surface area contributed by atoms with E-state index in [9.17, 15) is 13.2 Å². The summed E-state index contributed by atoms with van der Waals surface area (Å²) < 4.78 is 28.0. The SMILES string of the molecule is CN(C)C(CNC(=O)c1cccc(S(=O)(=O)N2CCc3ccccc32)c1)c1cccs1. The molecule has 1 unspecified atom stereocenters. The van der Waals surface area contributed by atoms with E-state index >= 15 is 0 Å². The van der Waals surface area contributed by atoms with E-state index in [2.05, 4.69) is 10.2 Å². The molecule has 3 aromatic rings. The second-order valence-electron chi connectivity index (χ2n) is 7.69. The minimum Gasteiger partial charge on any atom is -0.350 e. The number of sulfonamides is 1. The lowest BCUT2D eigenvalue weighted by atomic mass is 10.2. The Hall–Kier alpha value is -2.68. The number of hydrogen-bond donors (Lipinski definition) is 1. The molecule has 31 heavy (non-hydrogen) atoms. The molecule has 1 aliphatic heterocycles. The van der Waals surface area contributed by atoms with E-state index in [0.717, 1.165) is 10.4 Å². The van der Waals surface area contributed by atoms with E-state index in [1.807, 2.05) is 55.9 Å². The molecule has 1 atom stereocenters. The van der Waals surface area contributed by atoms with Crippen LogP contribution in [0.1, 0.15) is 26.8 Å². The van der Waals surface area contributed by atoms with Gasteiger partial charge in [0, 0.05) is 23.5 Å². The fourth-order valence-electron chi connectivity index (χ4n) is 3.79. The van der Waals surface area contributed by atoms with E-state index in [-0.39, 0.29) is 16.8 Å². The van der Waals surface area contributed by atoms with E-state index in [1.165, 1.54) is 10.4 Å². The van der Waals surface area contributed by atoms with Gasteiger partial charge in [0.2, 0.25) is 0 Å². The highest BCUT2D eigenvalue weighted by Gasteiger charge is 2.31. The molecule has 162 valence electrons. The lowest BCUT2D eigenvalue weighted by Crippen LogP contribution is -2.34. The van der Waals surface area contributed by atoms with Crippen LogP contribution in [0, 0.1) is 0 Å². The number of rotatable bonds is 7. The van der Waals surface area contributed by atoms with Crippen molar-refractivity contribution in [3.63, 3.8) is 0 Å². The standard InChI is InChI=1S/C23H25N3O3S2/c1-25(2)21(22-11-6-14-30-22)16-24-23(27)18-8-5-9-19(15-18)31(28,29)26-13-12-17-7-3-4-10-20(17)26/h3-11,14-15,21H,12-13,16H2,1-2H3,(H,24,27). The fraction of sp³-hybridized carbons (Fsp3) is 0.261. The smallest absolute Gasteiger partial charge is 0.264 e. The molecule has 2 heterocycles. The number of nitrogens with zero attached hydrogens (tertiary/aromatic N) is 2. The van der Waals surface area contributed by atoms with Crippen LogP contribution in [0.5, 0.6) is 0 Å². The second-order valence-corrected chi connectivity index (χ2v) is 10.5. The van der Waals surface area contributed by atoms with E-state index < -0.39 is 10.0 Å². The van der Waals surface area contributed by atoms with Crippen LogP contribution in [-0.4, -0.2) is 46.4 Å². The molecular weight excluding hydrogens is 430 g/mol. The van der Waals surface area contributed by atoms with Crippen molar-refractivity contribution in [2.75, 3.05) is 31.5 Å². The van der Waals surface area contributed by atoms with Gasteiger partial charge in [-0.1, -0.05) is 30.3 Å². The molecule has 0 aliphatic carbocycles. The number of nitrogens with one attached hydrogen (secondary N) is 1. The van der Waals surface area contributed by atoms with Gasteiger partial charge in [0.25, 0.3) is 15.9 Å². The molecule has 0 saturated heterocycles. The summed E-state index contributed by atoms with van der Waals surface area (Å²) in [4.78, 5) is 16.1. The molecule has 0 spiro atoms. The van der Waals surface area contributed by atoms with Crippen LogP contribution in [-0.2, 0) is 16.4 Å². The summed E-state index contributed by atoms with van der Waals surface area (Å²) in [6.45, 7) is 0.840. The Balaban J connectivity index is 1.52. The van der Waals surface area contributed by atoms with Crippen LogP contribution >= 0.6 is 11.3 Å². The van der Waals surface area contributed by atoms with Crippen LogP contribution in [0.25, 0.3) is 0 Å². The predicted molar refractivity (Wildman–Crippen MR) is 124 cm³/mol. The molecule has 0 saturated carbocycles. The maximum atomic E-state index is 13.3. The normalized spacial score (nSPS) is 14.5. The van der Waals surface area contributed by atoms with E-state index in [0.29, 0.717) is 30.8 Å². The van der Waals surface area contributed by atoms with Crippen molar-refractivity contribution in [2.24, 2.45) is 0 Å². The first-order valence-corrected chi connectivity index (χ1v) is 12.4. The van der Waals surface area contributed by atoms with Crippen molar-refractivity contribution in [1.82, 2.24) is 10.2 Å². The summed E-state index contributed by atoms with van der Waals surface area (Å²) in [5, 5.41) is 4.96. The van der Waals surface area contributed by atoms with Gasteiger partial charge >= 0.3 is 0 Å². The quantitative estimate of drug-likeness (QED) is 0.592. The molecule has 0 radical (unpaired) electrons. The van der Waals surface area contributed by atoms with Crippen molar-refractivity contribution in [3.05, 3.63) is 82.0 Å². The summed E-state index contributed by atoms with van der Waals surface area (Å²) in [5.41, 5.74) is 2.06. The Bertz CT molecular complexity index is 1170. The fourth-order valence-corrected chi connectivity index (χ4v) is 6.26. The van der Waals surface area contributed by atoms with Crippen LogP contribution in [0.3, 0.4) is 0 Å². The van der Waals surface area contributed by atoms with Crippen molar-refractivity contribution in [2.45, 2.75) is 17.4 Å². The largest absolute Gasteiger partial charge is 0.350 e. The van der Waals surface area contributed by atoms with Gasteiger partial charge in [0.15, 0.2) is 0 Å². The van der Waals surface area contributed by atoms with Gasteiger partial charge < -0.3 is 10.2 Å². The number of fused-ring (bicyclic) bond motifs is 1. The number of carbonyl (C=O) groups excluding carboxylic acids is 1. The number of amides is 1. The van der Waals surface area contributed by atoms with Gasteiger partial charge in [0.05, 0.1) is 16.6 Å². The number of hydrogen-bond acceptors (Lipinski definition) is 5. The summed E-state index contributed by atoms with van der Waals surface area (Å²) in [7, 11) is 0.198. The third-order valence-corrected chi connectivity index (χ3v) is 8.26. The zero-order chi connectivity index (χ0) is 22.0. The van der Waals surface area contributed by atoms with Crippen molar-refractivity contribution >= 4 is 33.0 Å². The average Bonchev–Trinajstić information content (AvgIpc) is 3.44. The lowest BCUT2D eigenvalue weighted by molar-refractivity contribution is 0.0942. The zero-order valence-corrected chi connectivity index (χ0v) is 19.1. The molecule has 1 N–H and O–H groups in total. The van der Waals surface area contributed by atoms with Gasteiger partial charge in [-0.3, -0.25) is 9.10 Å². The molecule has 1 amide bonds. The van der Waals surface area contributed by atoms with Crippen LogP contribution in [0.2, 0.25) is 0 Å². The number of thiophene rings is 1. The van der Waals surface area contributed by atoms with Gasteiger partial charge in [0.1, 0.15) is 0 Å². The maximum absolute atomic E-state index is 13.3. The first kappa shape index (κ1) is 21.5. The maximum Gasteiger partial charge on any atom is 0.264 e. The Labute approximate surface area is 187 Å². The number of likely N-dealkylation sites (N-methyl/N-ethyl adjacent to an activating group) is 1. The predicted octanol–water partition coefficient (Wildman–Crippen LogP) is 3.53. The summed E-state index contributed by atoms with van der Waals surface area (Å²) in [5.74, 6) is -0.290. The Morgan fingerprint density at radius 3 is 2.68 bits per heavy atom. The first-order chi connectivity index (χ1) is 14.9. The molecule has 1 aromatic heterocycles. The number of para-hydroxylation sites is 1. The van der Waals surface area contributed by atoms with Crippen molar-refractivity contribution in [3.8, 4) is 0 Å². The molecule has 0 fully saturated rings. The minimum absolute atomic E-state index is 0.0527. The molecule has 4 rings (SSSR count). The molecule has 0 bridgehead atoms. The highest BCUT2D eigenvalue weighted by Crippen LogP contribution is 2.32. The molecule has 8 heteroatoms. The molecular formula is C23H25N3O3S2. The monoisotopic (exact) mass is 455 g/mol. The number of benzene rings is 2. The van der Waals surface area contributed by atoms with Gasteiger partial charge in [-0.15, -0.1) is 11.3 Å².